The Hall–Kier alpha value is -0.160. The lowest BCUT2D eigenvalue weighted by Gasteiger charge is -2.24. The van der Waals surface area contributed by atoms with E-state index in [1.807, 2.05) is 0 Å². The zero-order chi connectivity index (χ0) is 14.6. The van der Waals surface area contributed by atoms with Gasteiger partial charge >= 0.3 is 7.60 Å². The molecule has 0 aliphatic heterocycles. The highest BCUT2D eigenvalue weighted by atomic mass is 35.5. The molecule has 1 rings (SSSR count). The lowest BCUT2D eigenvalue weighted by atomic mass is 10.2. The van der Waals surface area contributed by atoms with Crippen LogP contribution in [0.25, 0.3) is 0 Å². The summed E-state index contributed by atoms with van der Waals surface area (Å²) in [5.74, 6) is -2.04. The largest absolute Gasteiger partial charge is 0.351 e. The van der Waals surface area contributed by atoms with Crippen LogP contribution in [0.3, 0.4) is 0 Å². The first-order chi connectivity index (χ1) is 8.87. The summed E-state index contributed by atoms with van der Waals surface area (Å²) in [6.45, 7) is 3.50. The van der Waals surface area contributed by atoms with Gasteiger partial charge in [-0.15, -0.1) is 0 Å². The first kappa shape index (κ1) is 16.9. The molecule has 1 aromatic rings. The normalized spacial score (nSPS) is 13.6. The molecule has 0 saturated heterocycles. The molecule has 4 nitrogen and oxygen atoms in total. The third kappa shape index (κ3) is 3.69. The molecule has 0 spiro atoms. The van der Waals surface area contributed by atoms with E-state index >= 15 is 0 Å². The second kappa shape index (κ2) is 7.02. The molecular formula is C11H15Cl2FNO3P. The molecule has 0 heterocycles. The van der Waals surface area contributed by atoms with Crippen molar-refractivity contribution in [3.05, 3.63) is 33.6 Å². The molecule has 0 aliphatic carbocycles. The first-order valence-electron chi connectivity index (χ1n) is 5.65. The summed E-state index contributed by atoms with van der Waals surface area (Å²) in [7, 11) is -3.71. The number of rotatable bonds is 6. The molecule has 8 heteroatoms. The average molecular weight is 330 g/mol. The fourth-order valence-electron chi connectivity index (χ4n) is 1.53. The summed E-state index contributed by atoms with van der Waals surface area (Å²) >= 11 is 11.7. The van der Waals surface area contributed by atoms with Crippen LogP contribution in [0, 0.1) is 5.82 Å². The molecule has 0 bridgehead atoms. The van der Waals surface area contributed by atoms with Crippen molar-refractivity contribution in [2.75, 3.05) is 13.2 Å². The molecule has 0 unspecified atom stereocenters. The Morgan fingerprint density at radius 3 is 2.32 bits per heavy atom. The fourth-order valence-corrected chi connectivity index (χ4v) is 3.73. The summed E-state index contributed by atoms with van der Waals surface area (Å²) < 4.78 is 36.5. The lowest BCUT2D eigenvalue weighted by molar-refractivity contribution is 0.212. The summed E-state index contributed by atoms with van der Waals surface area (Å²) in [4.78, 5) is 0. The van der Waals surface area contributed by atoms with Crippen molar-refractivity contribution in [3.63, 3.8) is 0 Å². The fraction of sp³-hybridized carbons (Fsp3) is 0.455. The van der Waals surface area contributed by atoms with Crippen LogP contribution >= 0.6 is 30.8 Å². The Labute approximate surface area is 121 Å². The predicted octanol–water partition coefficient (Wildman–Crippen LogP) is 4.36. The van der Waals surface area contributed by atoms with Crippen molar-refractivity contribution < 1.29 is 18.0 Å². The van der Waals surface area contributed by atoms with Crippen LogP contribution < -0.4 is 5.73 Å². The van der Waals surface area contributed by atoms with E-state index in [1.54, 1.807) is 13.8 Å². The van der Waals surface area contributed by atoms with Crippen LogP contribution in [0.5, 0.6) is 0 Å². The Morgan fingerprint density at radius 2 is 1.84 bits per heavy atom. The van der Waals surface area contributed by atoms with Crippen molar-refractivity contribution in [2.45, 2.75) is 19.6 Å². The predicted molar refractivity (Wildman–Crippen MR) is 74.2 cm³/mol. The van der Waals surface area contributed by atoms with Crippen molar-refractivity contribution in [3.8, 4) is 0 Å². The number of nitrogens with two attached hydrogens (primary N) is 1. The Bertz CT molecular complexity index is 491. The van der Waals surface area contributed by atoms with E-state index in [4.69, 9.17) is 38.0 Å². The van der Waals surface area contributed by atoms with Crippen LogP contribution in [-0.2, 0) is 13.6 Å². The highest BCUT2D eigenvalue weighted by molar-refractivity contribution is 7.54. The number of hydrogen-bond donors (Lipinski definition) is 1. The van der Waals surface area contributed by atoms with Crippen molar-refractivity contribution in [2.24, 2.45) is 5.73 Å². The SMILES string of the molecule is CCOP(=O)(OCC)[C@@H](N)c1c(F)ccc(Cl)c1Cl. The lowest BCUT2D eigenvalue weighted by Crippen LogP contribution is -2.17. The van der Waals surface area contributed by atoms with E-state index < -0.39 is 19.2 Å². The van der Waals surface area contributed by atoms with Crippen molar-refractivity contribution in [1.29, 1.82) is 0 Å². The molecule has 1 aromatic carbocycles. The third-order valence-electron chi connectivity index (χ3n) is 2.33. The maximum atomic E-state index is 13.8. The summed E-state index contributed by atoms with van der Waals surface area (Å²) in [6, 6.07) is 2.40. The molecule has 0 saturated carbocycles. The Morgan fingerprint density at radius 1 is 1.32 bits per heavy atom. The quantitative estimate of drug-likeness (QED) is 0.622. The molecule has 2 N–H and O–H groups in total. The summed E-state index contributed by atoms with van der Waals surface area (Å²) in [6.07, 6.45) is 0. The van der Waals surface area contributed by atoms with Crippen molar-refractivity contribution in [1.82, 2.24) is 0 Å². The second-order valence-corrected chi connectivity index (χ2v) is 6.51. The van der Waals surface area contributed by atoms with Gasteiger partial charge in [-0.25, -0.2) is 4.39 Å². The van der Waals surface area contributed by atoms with Crippen molar-refractivity contribution >= 4 is 30.8 Å². The first-order valence-corrected chi connectivity index (χ1v) is 8.01. The van der Waals surface area contributed by atoms with E-state index in [0.717, 1.165) is 6.07 Å². The van der Waals surface area contributed by atoms with Gasteiger partial charge < -0.3 is 14.8 Å². The number of halogens is 3. The number of hydrogen-bond acceptors (Lipinski definition) is 4. The zero-order valence-electron chi connectivity index (χ0n) is 10.5. The maximum Gasteiger partial charge on any atom is 0.351 e. The van der Waals surface area contributed by atoms with Gasteiger partial charge in [0.15, 0.2) is 0 Å². The van der Waals surface area contributed by atoms with Crippen LogP contribution in [0.15, 0.2) is 12.1 Å². The highest BCUT2D eigenvalue weighted by Crippen LogP contribution is 2.59. The molecule has 0 aromatic heterocycles. The minimum Gasteiger partial charge on any atom is -0.314 e. The van der Waals surface area contributed by atoms with Gasteiger partial charge in [0.05, 0.1) is 23.3 Å². The molecule has 0 radical (unpaired) electrons. The van der Waals surface area contributed by atoms with E-state index in [1.165, 1.54) is 6.07 Å². The Balaban J connectivity index is 3.28. The van der Waals surface area contributed by atoms with E-state index in [9.17, 15) is 8.96 Å². The second-order valence-electron chi connectivity index (χ2n) is 3.58. The standard InChI is InChI=1S/C11H15Cl2FNO3P/c1-3-17-19(16,18-4-2)11(15)9-8(14)6-5-7(12)10(9)13/h5-6,11H,3-4,15H2,1-2H3/t11-/m1/s1. The van der Waals surface area contributed by atoms with Gasteiger partial charge in [-0.1, -0.05) is 23.2 Å². The zero-order valence-corrected chi connectivity index (χ0v) is 12.9. The minimum absolute atomic E-state index is 0.0891. The van der Waals surface area contributed by atoms with Crippen LogP contribution in [-0.4, -0.2) is 13.2 Å². The third-order valence-corrected chi connectivity index (χ3v) is 5.33. The monoisotopic (exact) mass is 329 g/mol. The van der Waals surface area contributed by atoms with Gasteiger partial charge in [-0.3, -0.25) is 4.57 Å². The van der Waals surface area contributed by atoms with Crippen LogP contribution in [0.2, 0.25) is 10.0 Å². The van der Waals surface area contributed by atoms with Gasteiger partial charge in [0.1, 0.15) is 11.6 Å². The van der Waals surface area contributed by atoms with E-state index in [-0.39, 0.29) is 28.8 Å². The Kier molecular flexibility index (Phi) is 6.24. The molecule has 1 atom stereocenters. The minimum atomic E-state index is -3.71. The molecular weight excluding hydrogens is 315 g/mol. The molecule has 0 amide bonds. The van der Waals surface area contributed by atoms with Gasteiger partial charge in [0.2, 0.25) is 0 Å². The van der Waals surface area contributed by atoms with Crippen LogP contribution in [0.4, 0.5) is 4.39 Å². The molecule has 0 fully saturated rings. The van der Waals surface area contributed by atoms with Gasteiger partial charge in [-0.2, -0.15) is 0 Å². The van der Waals surface area contributed by atoms with E-state index in [2.05, 4.69) is 0 Å². The summed E-state index contributed by atoms with van der Waals surface area (Å²) in [5.41, 5.74) is 5.65. The number of benzene rings is 1. The smallest absolute Gasteiger partial charge is 0.314 e. The van der Waals surface area contributed by atoms with E-state index in [0.29, 0.717) is 0 Å². The molecule has 0 aliphatic rings. The molecule has 108 valence electrons. The average Bonchev–Trinajstić information content (AvgIpc) is 2.35. The van der Waals surface area contributed by atoms with Gasteiger partial charge in [-0.05, 0) is 26.0 Å². The topological polar surface area (TPSA) is 61.5 Å². The summed E-state index contributed by atoms with van der Waals surface area (Å²) in [5, 5.41) is 0.0295. The van der Waals surface area contributed by atoms with Gasteiger partial charge in [0, 0.05) is 5.56 Å². The highest BCUT2D eigenvalue weighted by Gasteiger charge is 2.37. The maximum absolute atomic E-state index is 13.8. The van der Waals surface area contributed by atoms with Crippen LogP contribution in [0.1, 0.15) is 25.2 Å². The molecule has 19 heavy (non-hydrogen) atoms. The van der Waals surface area contributed by atoms with Gasteiger partial charge in [0.25, 0.3) is 0 Å².